The molecule has 0 spiro atoms. The smallest absolute Gasteiger partial charge is 0.326 e. The first-order valence-corrected chi connectivity index (χ1v) is 28.0. The zero-order valence-electron chi connectivity index (χ0n) is 48.6. The molecule has 1 aromatic carbocycles. The van der Waals surface area contributed by atoms with E-state index in [1.54, 1.807) is 58.0 Å². The van der Waals surface area contributed by atoms with E-state index in [0.717, 1.165) is 0 Å². The van der Waals surface area contributed by atoms with Crippen molar-refractivity contribution in [3.8, 4) is 0 Å². The molecule has 460 valence electrons. The first kappa shape index (κ1) is 69.3. The number of carboxylic acid groups (broad SMARTS) is 2. The maximum absolute atomic E-state index is 14.0. The highest BCUT2D eigenvalue weighted by atomic mass is 16.4. The predicted octanol–water partition coefficient (Wildman–Crippen LogP) is -2.02. The predicted molar refractivity (Wildman–Crippen MR) is 301 cm³/mol. The minimum Gasteiger partial charge on any atom is -0.481 e. The van der Waals surface area contributed by atoms with Gasteiger partial charge in [-0.15, -0.1) is 0 Å². The first-order valence-electron chi connectivity index (χ1n) is 28.0. The van der Waals surface area contributed by atoms with Crippen LogP contribution in [0.3, 0.4) is 0 Å². The standard InChI is InChI=1S/C55H86N14O14/c1-29(2)23-36(57)47(74)68-45(31(5)6)52(79)63-37(19-20-43(71)72)49(76)65-39(24-34-15-10-9-11-16-34)48(75)59-27-42(70)61-33(8)54(81)69-22-14-18-41(69)51(78)66-40(25-35-26-58-28-60-35)50(77)62-32(7)46(73)67-44(30(3)4)53(80)64-38(55(82)83)17-12-13-21-56/h9-11,15-16,26,28-33,36-41,44-45H,12-14,17-25,27,56-57H2,1-8H3,(H,58,60)(H,59,75)(H,61,70)(H,62,77)(H,63,79)(H,64,80)(H,65,76)(H,66,78)(H,67,73)(H,68,74)(H,71,72)(H,82,83)/t32-,33-,36-,37-,38-,39-,40-,41-,44-,45-/m0/s1. The van der Waals surface area contributed by atoms with Crippen LogP contribution in [0, 0.1) is 17.8 Å². The van der Waals surface area contributed by atoms with Crippen LogP contribution in [0.1, 0.15) is 118 Å². The fourth-order valence-corrected chi connectivity index (χ4v) is 9.03. The van der Waals surface area contributed by atoms with Gasteiger partial charge in [-0.3, -0.25) is 52.7 Å². The number of nitrogens with zero attached hydrogens (tertiary/aromatic N) is 2. The van der Waals surface area contributed by atoms with E-state index in [-0.39, 0.29) is 38.1 Å². The Kier molecular flexibility index (Phi) is 28.7. The number of carbonyl (C=O) groups is 12. The van der Waals surface area contributed by atoms with E-state index in [9.17, 15) is 67.7 Å². The van der Waals surface area contributed by atoms with E-state index in [1.165, 1.54) is 31.3 Å². The molecular formula is C55H86N14O14. The quantitative estimate of drug-likeness (QED) is 0.0332. The summed E-state index contributed by atoms with van der Waals surface area (Å²) in [5, 5.41) is 42.2. The molecule has 1 fully saturated rings. The average molecular weight is 1170 g/mol. The minimum absolute atomic E-state index is 0.0791. The van der Waals surface area contributed by atoms with Gasteiger partial charge in [0.25, 0.3) is 0 Å². The molecule has 1 saturated heterocycles. The van der Waals surface area contributed by atoms with E-state index in [4.69, 9.17) is 11.5 Å². The van der Waals surface area contributed by atoms with Gasteiger partial charge < -0.3 is 79.4 Å². The number of aliphatic carboxylic acids is 2. The number of nitrogens with two attached hydrogens (primary N) is 2. The van der Waals surface area contributed by atoms with Crippen molar-refractivity contribution >= 4 is 71.0 Å². The molecule has 16 N–H and O–H groups in total. The summed E-state index contributed by atoms with van der Waals surface area (Å²) in [5.74, 6) is -11.1. The molecule has 0 bridgehead atoms. The van der Waals surface area contributed by atoms with Crippen LogP contribution in [0.25, 0.3) is 0 Å². The van der Waals surface area contributed by atoms with Crippen LogP contribution in [0.15, 0.2) is 42.9 Å². The SMILES string of the molecule is CC(C)C[C@H](N)C(=O)N[C@H](C(=O)N[C@@H](CCC(=O)O)C(=O)N[C@@H](Cc1ccccc1)C(=O)NCC(=O)N[C@@H](C)C(=O)N1CCC[C@H]1C(=O)N[C@@H](Cc1cnc[nH]1)C(=O)N[C@@H](C)C(=O)N[C@H](C(=O)N[C@@H](CCCCN)C(=O)O)C(C)C)C(C)C. The van der Waals surface area contributed by atoms with Gasteiger partial charge in [-0.05, 0) is 88.7 Å². The highest BCUT2D eigenvalue weighted by molar-refractivity contribution is 5.98. The Morgan fingerprint density at radius 3 is 1.81 bits per heavy atom. The van der Waals surface area contributed by atoms with Gasteiger partial charge in [-0.2, -0.15) is 0 Å². The Bertz CT molecular complexity index is 2530. The molecule has 28 heteroatoms. The lowest BCUT2D eigenvalue weighted by atomic mass is 9.99. The molecule has 1 aromatic heterocycles. The molecular weight excluding hydrogens is 1080 g/mol. The molecule has 2 heterocycles. The second-order valence-electron chi connectivity index (χ2n) is 21.9. The summed E-state index contributed by atoms with van der Waals surface area (Å²) in [7, 11) is 0. The molecule has 1 aliphatic rings. The highest BCUT2D eigenvalue weighted by Gasteiger charge is 2.39. The zero-order valence-corrected chi connectivity index (χ0v) is 48.6. The van der Waals surface area contributed by atoms with Crippen LogP contribution >= 0.6 is 0 Å². The Morgan fingerprint density at radius 1 is 0.651 bits per heavy atom. The third-order valence-corrected chi connectivity index (χ3v) is 13.7. The van der Waals surface area contributed by atoms with Crippen molar-refractivity contribution in [1.29, 1.82) is 0 Å². The first-order chi connectivity index (χ1) is 39.1. The number of hydrogen-bond acceptors (Lipinski definition) is 15. The van der Waals surface area contributed by atoms with E-state index >= 15 is 0 Å². The number of aromatic amines is 1. The average Bonchev–Trinajstić information content (AvgIpc) is 4.40. The summed E-state index contributed by atoms with van der Waals surface area (Å²) < 4.78 is 0. The van der Waals surface area contributed by atoms with Crippen LogP contribution in [0.2, 0.25) is 0 Å². The molecule has 0 unspecified atom stereocenters. The molecule has 0 aliphatic carbocycles. The largest absolute Gasteiger partial charge is 0.481 e. The number of benzene rings is 1. The lowest BCUT2D eigenvalue weighted by Gasteiger charge is -2.29. The molecule has 0 radical (unpaired) electrons. The zero-order chi connectivity index (χ0) is 62.1. The highest BCUT2D eigenvalue weighted by Crippen LogP contribution is 2.20. The lowest BCUT2D eigenvalue weighted by molar-refractivity contribution is -0.143. The molecule has 28 nitrogen and oxygen atoms in total. The van der Waals surface area contributed by atoms with E-state index in [2.05, 4.69) is 57.8 Å². The van der Waals surface area contributed by atoms with Crippen LogP contribution in [0.4, 0.5) is 0 Å². The van der Waals surface area contributed by atoms with Crippen molar-refractivity contribution in [2.45, 2.75) is 180 Å². The number of H-pyrrole nitrogens is 1. The van der Waals surface area contributed by atoms with Gasteiger partial charge in [-0.25, -0.2) is 9.78 Å². The van der Waals surface area contributed by atoms with Crippen LogP contribution in [-0.4, -0.2) is 176 Å². The molecule has 10 amide bonds. The van der Waals surface area contributed by atoms with Gasteiger partial charge in [0.15, 0.2) is 0 Å². The summed E-state index contributed by atoms with van der Waals surface area (Å²) in [5.41, 5.74) is 12.6. The lowest BCUT2D eigenvalue weighted by Crippen LogP contribution is -2.60. The van der Waals surface area contributed by atoms with Gasteiger partial charge >= 0.3 is 11.9 Å². The van der Waals surface area contributed by atoms with Gasteiger partial charge in [0.2, 0.25) is 59.1 Å². The number of amides is 10. The summed E-state index contributed by atoms with van der Waals surface area (Å²) in [6, 6.07) is -3.83. The topological polar surface area (TPSA) is 438 Å². The van der Waals surface area contributed by atoms with Crippen LogP contribution in [-0.2, 0) is 70.4 Å². The second-order valence-corrected chi connectivity index (χ2v) is 21.9. The normalized spacial score (nSPS) is 16.3. The number of nitrogens with one attached hydrogen (secondary N) is 10. The third-order valence-electron chi connectivity index (χ3n) is 13.7. The molecule has 83 heavy (non-hydrogen) atoms. The van der Waals surface area contributed by atoms with Crippen LogP contribution in [0.5, 0.6) is 0 Å². The maximum Gasteiger partial charge on any atom is 0.326 e. The fourth-order valence-electron chi connectivity index (χ4n) is 9.03. The van der Waals surface area contributed by atoms with Crippen molar-refractivity contribution in [1.82, 2.24) is 62.7 Å². The molecule has 1 aliphatic heterocycles. The number of aromatic nitrogens is 2. The van der Waals surface area contributed by atoms with Crippen molar-refractivity contribution in [3.05, 3.63) is 54.1 Å². The monoisotopic (exact) mass is 1170 g/mol. The summed E-state index contributed by atoms with van der Waals surface area (Å²) >= 11 is 0. The van der Waals surface area contributed by atoms with Gasteiger partial charge in [-0.1, -0.05) is 71.9 Å². The Hall–Kier alpha value is -8.01. The van der Waals surface area contributed by atoms with E-state index in [0.29, 0.717) is 43.5 Å². The van der Waals surface area contributed by atoms with Crippen molar-refractivity contribution in [2.75, 3.05) is 19.6 Å². The Morgan fingerprint density at radius 2 is 1.24 bits per heavy atom. The van der Waals surface area contributed by atoms with E-state index < -0.39 is 163 Å². The summed E-state index contributed by atoms with van der Waals surface area (Å²) in [6.07, 6.45) is 3.59. The Labute approximate surface area is 483 Å². The molecule has 10 atom stereocenters. The number of likely N-dealkylation sites (tertiary alicyclic amines) is 1. The van der Waals surface area contributed by atoms with Gasteiger partial charge in [0, 0.05) is 37.7 Å². The summed E-state index contributed by atoms with van der Waals surface area (Å²) in [4.78, 5) is 168. The molecule has 3 rings (SSSR count). The number of carboxylic acids is 2. The van der Waals surface area contributed by atoms with Gasteiger partial charge in [0.05, 0.1) is 18.9 Å². The number of unbranched alkanes of at least 4 members (excludes halogenated alkanes) is 1. The summed E-state index contributed by atoms with van der Waals surface area (Å²) in [6.45, 7) is 12.8. The molecule has 2 aromatic rings. The fraction of sp³-hybridized carbons (Fsp3) is 0.618. The maximum atomic E-state index is 14.0. The van der Waals surface area contributed by atoms with Crippen molar-refractivity contribution < 1.29 is 67.7 Å². The third kappa shape index (κ3) is 23.4. The minimum atomic E-state index is -1.49. The molecule has 0 saturated carbocycles. The number of hydrogen-bond donors (Lipinski definition) is 14. The van der Waals surface area contributed by atoms with Crippen molar-refractivity contribution in [3.63, 3.8) is 0 Å². The van der Waals surface area contributed by atoms with Crippen LogP contribution < -0.4 is 59.3 Å². The number of carbonyl (C=O) groups excluding carboxylic acids is 10. The second kappa shape index (κ2) is 34.4. The van der Waals surface area contributed by atoms with Gasteiger partial charge in [0.1, 0.15) is 54.4 Å². The number of imidazole rings is 1. The van der Waals surface area contributed by atoms with E-state index in [1.807, 2.05) is 13.8 Å². The Balaban J connectivity index is 1.70. The number of rotatable bonds is 35. The van der Waals surface area contributed by atoms with Crippen molar-refractivity contribution in [2.24, 2.45) is 29.2 Å².